The van der Waals surface area contributed by atoms with Crippen LogP contribution in [-0.2, 0) is 11.3 Å². The molecule has 1 unspecified atom stereocenters. The third kappa shape index (κ3) is 3.03. The summed E-state index contributed by atoms with van der Waals surface area (Å²) >= 11 is 0. The summed E-state index contributed by atoms with van der Waals surface area (Å²) < 4.78 is 5.66. The van der Waals surface area contributed by atoms with Crippen molar-refractivity contribution in [3.63, 3.8) is 0 Å². The molecular weight excluding hydrogens is 234 g/mol. The zero-order valence-corrected chi connectivity index (χ0v) is 11.0. The Labute approximate surface area is 114 Å². The summed E-state index contributed by atoms with van der Waals surface area (Å²) in [5.74, 6) is 0. The molecule has 1 saturated heterocycles. The summed E-state index contributed by atoms with van der Waals surface area (Å²) in [5, 5.41) is 0. The summed E-state index contributed by atoms with van der Waals surface area (Å²) in [5.41, 5.74) is 2.71. The lowest BCUT2D eigenvalue weighted by Crippen LogP contribution is -2.38. The molecule has 0 saturated carbocycles. The summed E-state index contributed by atoms with van der Waals surface area (Å²) in [4.78, 5) is 2.51. The van der Waals surface area contributed by atoms with Crippen LogP contribution < -0.4 is 0 Å². The monoisotopic (exact) mass is 253 g/mol. The van der Waals surface area contributed by atoms with Gasteiger partial charge >= 0.3 is 0 Å². The molecule has 0 aliphatic carbocycles. The van der Waals surface area contributed by atoms with Gasteiger partial charge in [0.25, 0.3) is 0 Å². The topological polar surface area (TPSA) is 12.5 Å². The fraction of sp³-hybridized carbons (Fsp3) is 0.294. The average molecular weight is 253 g/mol. The second-order valence-electron chi connectivity index (χ2n) is 4.96. The molecule has 2 heteroatoms. The van der Waals surface area contributed by atoms with Crippen molar-refractivity contribution in [2.75, 3.05) is 19.8 Å². The highest BCUT2D eigenvalue weighted by atomic mass is 16.5. The average Bonchev–Trinajstić information content (AvgIpc) is 2.50. The van der Waals surface area contributed by atoms with Crippen molar-refractivity contribution in [1.29, 1.82) is 0 Å². The van der Waals surface area contributed by atoms with Gasteiger partial charge < -0.3 is 4.74 Å². The highest BCUT2D eigenvalue weighted by Gasteiger charge is 2.24. The third-order valence-corrected chi connectivity index (χ3v) is 3.65. The molecule has 0 spiro atoms. The van der Waals surface area contributed by atoms with E-state index < -0.39 is 0 Å². The first-order valence-electron chi connectivity index (χ1n) is 6.84. The van der Waals surface area contributed by atoms with Crippen molar-refractivity contribution < 1.29 is 4.74 Å². The molecule has 1 fully saturated rings. The van der Waals surface area contributed by atoms with Gasteiger partial charge in [-0.25, -0.2) is 0 Å². The van der Waals surface area contributed by atoms with Crippen LogP contribution in [0.15, 0.2) is 60.7 Å². The third-order valence-electron chi connectivity index (χ3n) is 3.65. The van der Waals surface area contributed by atoms with Gasteiger partial charge in [0.1, 0.15) is 0 Å². The standard InChI is InChI=1S/C17H19NO/c1-3-7-15(8-4-1)13-18-11-12-19-14-17(18)16-9-5-2-6-10-16/h1-10,17H,11-14H2. The number of ether oxygens (including phenoxy) is 1. The quantitative estimate of drug-likeness (QED) is 0.832. The summed E-state index contributed by atoms with van der Waals surface area (Å²) in [6.07, 6.45) is 0. The molecule has 1 aliphatic rings. The van der Waals surface area contributed by atoms with Crippen molar-refractivity contribution in [2.45, 2.75) is 12.6 Å². The number of morpholine rings is 1. The first-order valence-corrected chi connectivity index (χ1v) is 6.84. The maximum absolute atomic E-state index is 5.66. The largest absolute Gasteiger partial charge is 0.378 e. The van der Waals surface area contributed by atoms with Crippen molar-refractivity contribution in [1.82, 2.24) is 4.90 Å². The number of nitrogens with zero attached hydrogens (tertiary/aromatic N) is 1. The Bertz CT molecular complexity index is 497. The van der Waals surface area contributed by atoms with Gasteiger partial charge in [0.2, 0.25) is 0 Å². The molecule has 0 amide bonds. The van der Waals surface area contributed by atoms with E-state index in [-0.39, 0.29) is 0 Å². The summed E-state index contributed by atoms with van der Waals surface area (Å²) in [6, 6.07) is 21.7. The number of hydrogen-bond donors (Lipinski definition) is 0. The fourth-order valence-corrected chi connectivity index (χ4v) is 2.63. The molecule has 19 heavy (non-hydrogen) atoms. The van der Waals surface area contributed by atoms with Gasteiger partial charge in [-0.1, -0.05) is 60.7 Å². The molecule has 1 heterocycles. The van der Waals surface area contributed by atoms with Crippen LogP contribution in [0.5, 0.6) is 0 Å². The van der Waals surface area contributed by atoms with E-state index in [0.29, 0.717) is 6.04 Å². The van der Waals surface area contributed by atoms with Crippen LogP contribution in [-0.4, -0.2) is 24.7 Å². The lowest BCUT2D eigenvalue weighted by molar-refractivity contribution is -0.0127. The van der Waals surface area contributed by atoms with Crippen LogP contribution in [0.3, 0.4) is 0 Å². The molecule has 0 radical (unpaired) electrons. The SMILES string of the molecule is c1ccc(CN2CCOCC2c2ccccc2)cc1. The Morgan fingerprint density at radius 1 is 0.947 bits per heavy atom. The maximum Gasteiger partial charge on any atom is 0.0664 e. The Morgan fingerprint density at radius 2 is 1.63 bits per heavy atom. The second-order valence-corrected chi connectivity index (χ2v) is 4.96. The Morgan fingerprint density at radius 3 is 2.37 bits per heavy atom. The van der Waals surface area contributed by atoms with Crippen LogP contribution in [0, 0.1) is 0 Å². The van der Waals surface area contributed by atoms with Crippen molar-refractivity contribution >= 4 is 0 Å². The normalized spacial score (nSPS) is 20.3. The minimum Gasteiger partial charge on any atom is -0.378 e. The smallest absolute Gasteiger partial charge is 0.0664 e. The van der Waals surface area contributed by atoms with E-state index in [2.05, 4.69) is 65.6 Å². The molecule has 1 atom stereocenters. The first-order chi connectivity index (χ1) is 9.43. The minimum absolute atomic E-state index is 0.371. The van der Waals surface area contributed by atoms with E-state index in [1.165, 1.54) is 11.1 Å². The van der Waals surface area contributed by atoms with Gasteiger partial charge in [0.05, 0.1) is 19.3 Å². The van der Waals surface area contributed by atoms with Crippen LogP contribution in [0.25, 0.3) is 0 Å². The van der Waals surface area contributed by atoms with Gasteiger partial charge in [0.15, 0.2) is 0 Å². The van der Waals surface area contributed by atoms with Gasteiger partial charge in [-0.2, -0.15) is 0 Å². The number of hydrogen-bond acceptors (Lipinski definition) is 2. The predicted molar refractivity (Wildman–Crippen MR) is 76.9 cm³/mol. The highest BCUT2D eigenvalue weighted by molar-refractivity contribution is 5.21. The molecule has 0 N–H and O–H groups in total. The summed E-state index contributed by atoms with van der Waals surface area (Å²) in [7, 11) is 0. The molecule has 2 aromatic carbocycles. The van der Waals surface area contributed by atoms with E-state index in [4.69, 9.17) is 4.74 Å². The fourth-order valence-electron chi connectivity index (χ4n) is 2.63. The maximum atomic E-state index is 5.66. The van der Waals surface area contributed by atoms with Gasteiger partial charge in [-0.3, -0.25) is 4.90 Å². The van der Waals surface area contributed by atoms with Crippen molar-refractivity contribution in [3.05, 3.63) is 71.8 Å². The number of rotatable bonds is 3. The van der Waals surface area contributed by atoms with Gasteiger partial charge in [-0.05, 0) is 11.1 Å². The zero-order chi connectivity index (χ0) is 12.9. The Hall–Kier alpha value is -1.64. The van der Waals surface area contributed by atoms with Crippen LogP contribution in [0.4, 0.5) is 0 Å². The number of benzene rings is 2. The van der Waals surface area contributed by atoms with Gasteiger partial charge in [-0.15, -0.1) is 0 Å². The lowest BCUT2D eigenvalue weighted by atomic mass is 10.0. The van der Waals surface area contributed by atoms with Crippen LogP contribution >= 0.6 is 0 Å². The Kier molecular flexibility index (Phi) is 3.92. The molecule has 98 valence electrons. The zero-order valence-electron chi connectivity index (χ0n) is 11.0. The summed E-state index contributed by atoms with van der Waals surface area (Å²) in [6.45, 7) is 3.60. The minimum atomic E-state index is 0.371. The van der Waals surface area contributed by atoms with Crippen molar-refractivity contribution in [2.24, 2.45) is 0 Å². The molecular formula is C17H19NO. The van der Waals surface area contributed by atoms with E-state index in [9.17, 15) is 0 Å². The van der Waals surface area contributed by atoms with Crippen molar-refractivity contribution in [3.8, 4) is 0 Å². The van der Waals surface area contributed by atoms with E-state index in [1.807, 2.05) is 0 Å². The molecule has 0 aromatic heterocycles. The van der Waals surface area contributed by atoms with Crippen LogP contribution in [0.1, 0.15) is 17.2 Å². The molecule has 2 nitrogen and oxygen atoms in total. The predicted octanol–water partition coefficient (Wildman–Crippen LogP) is 3.26. The lowest BCUT2D eigenvalue weighted by Gasteiger charge is -2.36. The van der Waals surface area contributed by atoms with Crippen LogP contribution in [0.2, 0.25) is 0 Å². The molecule has 1 aliphatic heterocycles. The second kappa shape index (κ2) is 6.00. The Balaban J connectivity index is 1.78. The molecule has 2 aromatic rings. The first kappa shape index (κ1) is 12.4. The molecule has 0 bridgehead atoms. The van der Waals surface area contributed by atoms with E-state index in [0.717, 1.165) is 26.3 Å². The van der Waals surface area contributed by atoms with E-state index in [1.54, 1.807) is 0 Å². The molecule has 3 rings (SSSR count). The van der Waals surface area contributed by atoms with Gasteiger partial charge in [0, 0.05) is 13.1 Å². The highest BCUT2D eigenvalue weighted by Crippen LogP contribution is 2.25. The van der Waals surface area contributed by atoms with E-state index >= 15 is 0 Å².